The molecule has 1 aliphatic rings. The highest BCUT2D eigenvalue weighted by Gasteiger charge is 2.19. The van der Waals surface area contributed by atoms with Crippen molar-refractivity contribution in [2.24, 2.45) is 0 Å². The first kappa shape index (κ1) is 15.2. The van der Waals surface area contributed by atoms with Crippen LogP contribution in [0.15, 0.2) is 17.8 Å². The number of anilines is 2. The van der Waals surface area contributed by atoms with E-state index < -0.39 is 0 Å². The molecule has 0 aromatic carbocycles. The number of hydrogen-bond acceptors (Lipinski definition) is 7. The van der Waals surface area contributed by atoms with Crippen LogP contribution in [0.5, 0.6) is 0 Å². The molecule has 0 atom stereocenters. The molecule has 0 amide bonds. The lowest BCUT2D eigenvalue weighted by atomic mass is 10.1. The fraction of sp³-hybridized carbons (Fsp3) is 0.533. The molecule has 0 unspecified atom stereocenters. The fourth-order valence-corrected chi connectivity index (χ4v) is 3.40. The summed E-state index contributed by atoms with van der Waals surface area (Å²) in [5.74, 6) is 1.82. The van der Waals surface area contributed by atoms with Crippen molar-refractivity contribution in [1.82, 2.24) is 15.0 Å². The summed E-state index contributed by atoms with van der Waals surface area (Å²) in [7, 11) is 2.02. The van der Waals surface area contributed by atoms with E-state index in [2.05, 4.69) is 30.1 Å². The molecule has 0 radical (unpaired) electrons. The summed E-state index contributed by atoms with van der Waals surface area (Å²) in [5.41, 5.74) is 1.06. The summed E-state index contributed by atoms with van der Waals surface area (Å²) in [6.45, 7) is 4.43. The Morgan fingerprint density at radius 1 is 1.36 bits per heavy atom. The predicted molar refractivity (Wildman–Crippen MR) is 88.4 cm³/mol. The van der Waals surface area contributed by atoms with Gasteiger partial charge in [-0.3, -0.25) is 0 Å². The maximum Gasteiger partial charge on any atom is 0.134 e. The lowest BCUT2D eigenvalue weighted by Gasteiger charge is -2.30. The van der Waals surface area contributed by atoms with E-state index in [0.29, 0.717) is 0 Å². The third-order valence-electron chi connectivity index (χ3n) is 3.86. The Balaban J connectivity index is 1.70. The fourth-order valence-electron chi connectivity index (χ4n) is 2.57. The molecule has 0 aliphatic carbocycles. The number of thiazole rings is 1. The molecule has 118 valence electrons. The number of aryl methyl sites for hydroxylation is 1. The summed E-state index contributed by atoms with van der Waals surface area (Å²) in [6.07, 6.45) is 3.04. The highest BCUT2D eigenvalue weighted by molar-refractivity contribution is 7.09. The summed E-state index contributed by atoms with van der Waals surface area (Å²) in [6, 6.07) is 2.01. The van der Waals surface area contributed by atoms with Crippen molar-refractivity contribution >= 4 is 23.0 Å². The average molecular weight is 319 g/mol. The molecule has 1 aliphatic heterocycles. The zero-order chi connectivity index (χ0) is 15.5. The van der Waals surface area contributed by atoms with Crippen LogP contribution in [0.1, 0.15) is 23.5 Å². The Labute approximate surface area is 134 Å². The Hall–Kier alpha value is -1.73. The standard InChI is InChI=1S/C15H21N5OS/c1-11-9-22-15(18-11)8-19(2)13-7-14(17-10-16-13)20-5-3-12(21)4-6-20/h7,9-10,12,21H,3-6,8H2,1-2H3. The molecule has 6 nitrogen and oxygen atoms in total. The highest BCUT2D eigenvalue weighted by atomic mass is 32.1. The molecule has 22 heavy (non-hydrogen) atoms. The Morgan fingerprint density at radius 3 is 2.82 bits per heavy atom. The molecule has 0 spiro atoms. The van der Waals surface area contributed by atoms with E-state index in [0.717, 1.165) is 54.8 Å². The lowest BCUT2D eigenvalue weighted by molar-refractivity contribution is 0.145. The second kappa shape index (κ2) is 6.58. The van der Waals surface area contributed by atoms with Gasteiger partial charge in [-0.15, -0.1) is 11.3 Å². The monoisotopic (exact) mass is 319 g/mol. The smallest absolute Gasteiger partial charge is 0.134 e. The third kappa shape index (κ3) is 3.53. The van der Waals surface area contributed by atoms with Gasteiger partial charge < -0.3 is 14.9 Å². The Kier molecular flexibility index (Phi) is 4.54. The van der Waals surface area contributed by atoms with Gasteiger partial charge in [0.05, 0.1) is 12.6 Å². The molecule has 2 aromatic heterocycles. The molecule has 3 rings (SSSR count). The van der Waals surface area contributed by atoms with Crippen molar-refractivity contribution in [2.45, 2.75) is 32.4 Å². The molecule has 1 N–H and O–H groups in total. The zero-order valence-corrected chi connectivity index (χ0v) is 13.8. The zero-order valence-electron chi connectivity index (χ0n) is 12.9. The van der Waals surface area contributed by atoms with Crippen molar-refractivity contribution in [2.75, 3.05) is 29.9 Å². The van der Waals surface area contributed by atoms with Gasteiger partial charge in [-0.1, -0.05) is 0 Å². The quantitative estimate of drug-likeness (QED) is 0.927. The van der Waals surface area contributed by atoms with E-state index in [1.54, 1.807) is 17.7 Å². The largest absolute Gasteiger partial charge is 0.393 e. The number of aromatic nitrogens is 3. The van der Waals surface area contributed by atoms with Gasteiger partial charge in [0.15, 0.2) is 0 Å². The van der Waals surface area contributed by atoms with Gasteiger partial charge in [-0.2, -0.15) is 0 Å². The SMILES string of the molecule is Cc1csc(CN(C)c2cc(N3CCC(O)CC3)ncn2)n1. The second-order valence-corrected chi connectivity index (χ2v) is 6.63. The number of nitrogens with zero attached hydrogens (tertiary/aromatic N) is 5. The number of rotatable bonds is 4. The van der Waals surface area contributed by atoms with Crippen LogP contribution >= 0.6 is 11.3 Å². The van der Waals surface area contributed by atoms with Crippen LogP contribution in [0.4, 0.5) is 11.6 Å². The van der Waals surface area contributed by atoms with Crippen molar-refractivity contribution < 1.29 is 5.11 Å². The van der Waals surface area contributed by atoms with Gasteiger partial charge in [0.2, 0.25) is 0 Å². The van der Waals surface area contributed by atoms with E-state index in [1.807, 2.05) is 20.0 Å². The minimum Gasteiger partial charge on any atom is -0.393 e. The van der Waals surface area contributed by atoms with E-state index in [4.69, 9.17) is 0 Å². The maximum absolute atomic E-state index is 9.61. The van der Waals surface area contributed by atoms with Crippen LogP contribution in [0.3, 0.4) is 0 Å². The van der Waals surface area contributed by atoms with Gasteiger partial charge in [0.1, 0.15) is 23.0 Å². The predicted octanol–water partition coefficient (Wildman–Crippen LogP) is 1.84. The first-order valence-electron chi connectivity index (χ1n) is 7.49. The van der Waals surface area contributed by atoms with Crippen molar-refractivity contribution in [3.63, 3.8) is 0 Å². The van der Waals surface area contributed by atoms with Gasteiger partial charge in [0.25, 0.3) is 0 Å². The number of aliphatic hydroxyl groups is 1. The Bertz CT molecular complexity index is 624. The van der Waals surface area contributed by atoms with Crippen LogP contribution in [0, 0.1) is 6.92 Å². The van der Waals surface area contributed by atoms with Crippen LogP contribution < -0.4 is 9.80 Å². The summed E-state index contributed by atoms with van der Waals surface area (Å²) >= 11 is 1.67. The van der Waals surface area contributed by atoms with Crippen molar-refractivity contribution in [1.29, 1.82) is 0 Å². The number of aliphatic hydroxyl groups excluding tert-OH is 1. The molecule has 7 heteroatoms. The van der Waals surface area contributed by atoms with Crippen LogP contribution in [-0.4, -0.2) is 46.3 Å². The van der Waals surface area contributed by atoms with E-state index >= 15 is 0 Å². The Morgan fingerprint density at radius 2 is 2.14 bits per heavy atom. The maximum atomic E-state index is 9.61. The van der Waals surface area contributed by atoms with Crippen LogP contribution in [0.25, 0.3) is 0 Å². The van der Waals surface area contributed by atoms with Gasteiger partial charge in [0, 0.05) is 37.3 Å². The van der Waals surface area contributed by atoms with Crippen LogP contribution in [-0.2, 0) is 6.54 Å². The molecule has 0 saturated carbocycles. The third-order valence-corrected chi connectivity index (χ3v) is 4.81. The number of piperidine rings is 1. The number of hydrogen-bond donors (Lipinski definition) is 1. The minimum absolute atomic E-state index is 0.173. The normalized spacial score (nSPS) is 16.0. The van der Waals surface area contributed by atoms with Gasteiger partial charge in [-0.25, -0.2) is 15.0 Å². The lowest BCUT2D eigenvalue weighted by Crippen LogP contribution is -2.36. The molecule has 3 heterocycles. The van der Waals surface area contributed by atoms with Crippen molar-refractivity contribution in [3.8, 4) is 0 Å². The summed E-state index contributed by atoms with van der Waals surface area (Å²) in [4.78, 5) is 17.5. The first-order chi connectivity index (χ1) is 10.6. The average Bonchev–Trinajstić information content (AvgIpc) is 2.93. The topological polar surface area (TPSA) is 65.4 Å². The summed E-state index contributed by atoms with van der Waals surface area (Å²) < 4.78 is 0. The molecule has 2 aromatic rings. The van der Waals surface area contributed by atoms with Crippen molar-refractivity contribution in [3.05, 3.63) is 28.5 Å². The molecular formula is C15H21N5OS. The van der Waals surface area contributed by atoms with E-state index in [1.165, 1.54) is 0 Å². The van der Waals surface area contributed by atoms with E-state index in [9.17, 15) is 5.11 Å². The first-order valence-corrected chi connectivity index (χ1v) is 8.37. The van der Waals surface area contributed by atoms with Gasteiger partial charge >= 0.3 is 0 Å². The summed E-state index contributed by atoms with van der Waals surface area (Å²) in [5, 5.41) is 12.8. The molecule has 1 fully saturated rings. The van der Waals surface area contributed by atoms with E-state index in [-0.39, 0.29) is 6.10 Å². The molecular weight excluding hydrogens is 298 g/mol. The van der Waals surface area contributed by atoms with Crippen LogP contribution in [0.2, 0.25) is 0 Å². The molecule has 0 bridgehead atoms. The molecule has 1 saturated heterocycles. The highest BCUT2D eigenvalue weighted by Crippen LogP contribution is 2.22. The van der Waals surface area contributed by atoms with Gasteiger partial charge in [-0.05, 0) is 19.8 Å². The second-order valence-electron chi connectivity index (χ2n) is 5.69. The minimum atomic E-state index is -0.173.